The summed E-state index contributed by atoms with van der Waals surface area (Å²) in [5, 5.41) is 8.95. The van der Waals surface area contributed by atoms with Crippen LogP contribution in [0.4, 0.5) is 5.69 Å². The molecule has 2 rings (SSSR count). The van der Waals surface area contributed by atoms with Crippen LogP contribution in [0.15, 0.2) is 24.3 Å². The molecule has 1 aromatic rings. The van der Waals surface area contributed by atoms with Crippen molar-refractivity contribution < 1.29 is 19.5 Å². The highest BCUT2D eigenvalue weighted by Crippen LogP contribution is 2.21. The molecule has 1 N–H and O–H groups in total. The third-order valence-corrected chi connectivity index (χ3v) is 4.01. The highest BCUT2D eigenvalue weighted by Gasteiger charge is 2.23. The van der Waals surface area contributed by atoms with Crippen molar-refractivity contribution in [1.82, 2.24) is 4.90 Å². The quantitative estimate of drug-likeness (QED) is 0.919. The molecule has 1 saturated heterocycles. The van der Waals surface area contributed by atoms with Crippen molar-refractivity contribution in [3.63, 3.8) is 0 Å². The third-order valence-electron chi connectivity index (χ3n) is 4.01. The highest BCUT2D eigenvalue weighted by atomic mass is 16.4. The van der Waals surface area contributed by atoms with Crippen molar-refractivity contribution in [2.24, 2.45) is 0 Å². The second-order valence-electron chi connectivity index (χ2n) is 5.48. The molecule has 22 heavy (non-hydrogen) atoms. The van der Waals surface area contributed by atoms with Gasteiger partial charge >= 0.3 is 5.97 Å². The fourth-order valence-electron chi connectivity index (χ4n) is 2.41. The summed E-state index contributed by atoms with van der Waals surface area (Å²) < 4.78 is 0. The van der Waals surface area contributed by atoms with Crippen LogP contribution in [0.25, 0.3) is 0 Å². The molecule has 0 bridgehead atoms. The van der Waals surface area contributed by atoms with Crippen LogP contribution >= 0.6 is 0 Å². The van der Waals surface area contributed by atoms with E-state index in [1.54, 1.807) is 29.2 Å². The average molecular weight is 304 g/mol. The first-order valence-electron chi connectivity index (χ1n) is 7.32. The van der Waals surface area contributed by atoms with Gasteiger partial charge in [0.1, 0.15) is 6.04 Å². The molecule has 118 valence electrons. The van der Waals surface area contributed by atoms with E-state index in [-0.39, 0.29) is 11.8 Å². The molecular formula is C16H20N2O4. The maximum Gasteiger partial charge on any atom is 0.326 e. The molecule has 2 amide bonds. The number of rotatable bonds is 4. The number of hydrogen-bond donors (Lipinski definition) is 1. The van der Waals surface area contributed by atoms with Gasteiger partial charge in [0.25, 0.3) is 5.91 Å². The van der Waals surface area contributed by atoms with E-state index < -0.39 is 12.0 Å². The predicted molar refractivity (Wildman–Crippen MR) is 81.8 cm³/mol. The number of piperidine rings is 1. The summed E-state index contributed by atoms with van der Waals surface area (Å²) in [5.74, 6) is -1.31. The van der Waals surface area contributed by atoms with Crippen LogP contribution in [-0.4, -0.2) is 47.4 Å². The van der Waals surface area contributed by atoms with Gasteiger partial charge in [-0.25, -0.2) is 4.79 Å². The number of hydrogen-bond acceptors (Lipinski definition) is 3. The van der Waals surface area contributed by atoms with Crippen LogP contribution in [0.1, 0.15) is 36.5 Å². The maximum absolute atomic E-state index is 12.2. The largest absolute Gasteiger partial charge is 0.480 e. The van der Waals surface area contributed by atoms with Crippen molar-refractivity contribution in [2.75, 3.05) is 18.5 Å². The number of amides is 2. The Labute approximate surface area is 129 Å². The number of carboxylic acids is 1. The van der Waals surface area contributed by atoms with E-state index in [4.69, 9.17) is 5.11 Å². The van der Waals surface area contributed by atoms with Crippen LogP contribution < -0.4 is 4.90 Å². The molecule has 0 aromatic heterocycles. The van der Waals surface area contributed by atoms with E-state index in [0.717, 1.165) is 18.5 Å². The zero-order valence-corrected chi connectivity index (χ0v) is 12.8. The number of nitrogens with zero attached hydrogens (tertiary/aromatic N) is 2. The molecule has 0 aliphatic carbocycles. The Bertz CT molecular complexity index is 582. The number of anilines is 1. The second kappa shape index (κ2) is 6.60. The Morgan fingerprint density at radius 2 is 1.86 bits per heavy atom. The molecule has 0 radical (unpaired) electrons. The third kappa shape index (κ3) is 3.27. The fraction of sp³-hybridized carbons (Fsp3) is 0.438. The van der Waals surface area contributed by atoms with Crippen molar-refractivity contribution >= 4 is 23.5 Å². The van der Waals surface area contributed by atoms with E-state index in [1.165, 1.54) is 18.9 Å². The molecule has 1 fully saturated rings. The average Bonchev–Trinajstić information content (AvgIpc) is 2.53. The first kappa shape index (κ1) is 16.0. The normalized spacial score (nSPS) is 16.3. The molecule has 0 unspecified atom stereocenters. The summed E-state index contributed by atoms with van der Waals surface area (Å²) in [5.41, 5.74) is 1.18. The van der Waals surface area contributed by atoms with Crippen molar-refractivity contribution in [3.8, 4) is 0 Å². The number of benzene rings is 1. The van der Waals surface area contributed by atoms with Gasteiger partial charge in [-0.2, -0.15) is 0 Å². The minimum Gasteiger partial charge on any atom is -0.480 e. The molecule has 6 nitrogen and oxygen atoms in total. The van der Waals surface area contributed by atoms with E-state index in [0.29, 0.717) is 18.5 Å². The van der Waals surface area contributed by atoms with E-state index in [1.807, 2.05) is 0 Å². The monoisotopic (exact) mass is 304 g/mol. The Morgan fingerprint density at radius 3 is 2.41 bits per heavy atom. The molecule has 1 aliphatic heterocycles. The first-order valence-corrected chi connectivity index (χ1v) is 7.32. The summed E-state index contributed by atoms with van der Waals surface area (Å²) in [4.78, 5) is 37.9. The van der Waals surface area contributed by atoms with Gasteiger partial charge in [0, 0.05) is 31.3 Å². The van der Waals surface area contributed by atoms with Crippen molar-refractivity contribution in [1.29, 1.82) is 0 Å². The van der Waals surface area contributed by atoms with Gasteiger partial charge in [-0.3, -0.25) is 9.59 Å². The topological polar surface area (TPSA) is 77.9 Å². The van der Waals surface area contributed by atoms with Crippen molar-refractivity contribution in [3.05, 3.63) is 29.8 Å². The predicted octanol–water partition coefficient (Wildman–Crippen LogP) is 1.75. The molecule has 0 spiro atoms. The maximum atomic E-state index is 12.2. The van der Waals surface area contributed by atoms with Gasteiger partial charge in [-0.15, -0.1) is 0 Å². The summed E-state index contributed by atoms with van der Waals surface area (Å²) in [6, 6.07) is 5.83. The van der Waals surface area contributed by atoms with Gasteiger partial charge in [0.15, 0.2) is 0 Å². The Kier molecular flexibility index (Phi) is 4.80. The molecule has 1 aliphatic rings. The summed E-state index contributed by atoms with van der Waals surface area (Å²) in [6.45, 7) is 2.16. The summed E-state index contributed by atoms with van der Waals surface area (Å²) >= 11 is 0. The lowest BCUT2D eigenvalue weighted by Gasteiger charge is -2.27. The number of carboxylic acid groups (broad SMARTS) is 1. The Balaban J connectivity index is 2.13. The lowest BCUT2D eigenvalue weighted by atomic mass is 10.1. The number of aliphatic carboxylic acids is 1. The lowest BCUT2D eigenvalue weighted by Crippen LogP contribution is -2.40. The molecule has 0 saturated carbocycles. The molecule has 1 aromatic carbocycles. The summed E-state index contributed by atoms with van der Waals surface area (Å²) in [7, 11) is 1.46. The van der Waals surface area contributed by atoms with Crippen LogP contribution in [0.3, 0.4) is 0 Å². The number of carbonyl (C=O) groups excluding carboxylic acids is 2. The van der Waals surface area contributed by atoms with Gasteiger partial charge in [0.05, 0.1) is 0 Å². The molecule has 1 heterocycles. The van der Waals surface area contributed by atoms with E-state index in [9.17, 15) is 14.4 Å². The van der Waals surface area contributed by atoms with E-state index in [2.05, 4.69) is 0 Å². The fourth-order valence-corrected chi connectivity index (χ4v) is 2.41. The molecule has 6 heteroatoms. The first-order chi connectivity index (χ1) is 10.4. The number of carbonyl (C=O) groups is 3. The smallest absolute Gasteiger partial charge is 0.326 e. The number of likely N-dealkylation sites (N-methyl/N-ethyl adjacent to an activating group) is 1. The minimum atomic E-state index is -1.05. The van der Waals surface area contributed by atoms with Crippen LogP contribution in [0, 0.1) is 0 Å². The van der Waals surface area contributed by atoms with Gasteiger partial charge in [0.2, 0.25) is 5.91 Å². The van der Waals surface area contributed by atoms with Crippen molar-refractivity contribution in [2.45, 2.75) is 32.2 Å². The van der Waals surface area contributed by atoms with Crippen LogP contribution in [0.2, 0.25) is 0 Å². The van der Waals surface area contributed by atoms with Gasteiger partial charge < -0.3 is 14.9 Å². The molecule has 1 atom stereocenters. The second-order valence-corrected chi connectivity index (χ2v) is 5.48. The van der Waals surface area contributed by atoms with Crippen LogP contribution in [0.5, 0.6) is 0 Å². The Morgan fingerprint density at radius 1 is 1.23 bits per heavy atom. The van der Waals surface area contributed by atoms with Crippen LogP contribution in [-0.2, 0) is 9.59 Å². The minimum absolute atomic E-state index is 0.0990. The standard InChI is InChI=1S/C16H20N2O4/c1-11(16(21)22)17(2)15(20)12-6-8-13(9-7-12)18-10-4-3-5-14(18)19/h6-9,11H,3-5,10H2,1-2H3,(H,21,22)/t11-/m0/s1. The molecular weight excluding hydrogens is 284 g/mol. The zero-order valence-electron chi connectivity index (χ0n) is 12.8. The van der Waals surface area contributed by atoms with E-state index >= 15 is 0 Å². The summed E-state index contributed by atoms with van der Waals surface area (Å²) in [6.07, 6.45) is 2.45. The van der Waals surface area contributed by atoms with Gasteiger partial charge in [-0.05, 0) is 44.0 Å². The Hall–Kier alpha value is -2.37. The lowest BCUT2D eigenvalue weighted by molar-refractivity contribution is -0.141. The SMILES string of the molecule is C[C@@H](C(=O)O)N(C)C(=O)c1ccc(N2CCCCC2=O)cc1. The highest BCUT2D eigenvalue weighted by molar-refractivity contribution is 5.98. The zero-order chi connectivity index (χ0) is 16.3. The van der Waals surface area contributed by atoms with Gasteiger partial charge in [-0.1, -0.05) is 0 Å².